The number of carbonyl (C=O) groups excluding carboxylic acids is 1. The molecule has 0 saturated heterocycles. The summed E-state index contributed by atoms with van der Waals surface area (Å²) >= 11 is 0. The van der Waals surface area contributed by atoms with Crippen molar-refractivity contribution in [3.05, 3.63) is 0 Å². The highest BCUT2D eigenvalue weighted by Crippen LogP contribution is 2.02. The van der Waals surface area contributed by atoms with Crippen molar-refractivity contribution in [2.75, 3.05) is 20.2 Å². The van der Waals surface area contributed by atoms with Crippen molar-refractivity contribution in [1.82, 2.24) is 4.90 Å². The van der Waals surface area contributed by atoms with E-state index >= 15 is 0 Å². The summed E-state index contributed by atoms with van der Waals surface area (Å²) in [4.78, 5) is 13.1. The molecule has 3 nitrogen and oxygen atoms in total. The maximum absolute atomic E-state index is 10.9. The minimum atomic E-state index is -0.108. The number of ether oxygens (including phenoxy) is 1. The summed E-state index contributed by atoms with van der Waals surface area (Å²) in [6.07, 6.45) is 1.48. The molecule has 0 aliphatic rings. The largest absolute Gasteiger partial charge is 0.464 e. The lowest BCUT2D eigenvalue weighted by Crippen LogP contribution is -2.35. The average molecular weight is 187 g/mol. The van der Waals surface area contributed by atoms with Crippen LogP contribution in [0.25, 0.3) is 0 Å². The molecule has 78 valence electrons. The van der Waals surface area contributed by atoms with Crippen LogP contribution in [0.2, 0.25) is 0 Å². The van der Waals surface area contributed by atoms with Crippen LogP contribution in [0, 0.1) is 0 Å². The zero-order chi connectivity index (χ0) is 10.3. The molecule has 0 aliphatic heterocycles. The molecule has 1 atom stereocenters. The summed E-state index contributed by atoms with van der Waals surface area (Å²) in [5.74, 6) is -0.108. The van der Waals surface area contributed by atoms with Crippen molar-refractivity contribution in [3.63, 3.8) is 0 Å². The van der Waals surface area contributed by atoms with Crippen molar-refractivity contribution in [2.45, 2.75) is 39.7 Å². The van der Waals surface area contributed by atoms with Crippen LogP contribution in [0.5, 0.6) is 0 Å². The van der Waals surface area contributed by atoms with E-state index in [2.05, 4.69) is 18.7 Å². The van der Waals surface area contributed by atoms with Crippen LogP contribution in [0.4, 0.5) is 0 Å². The molecule has 0 saturated carbocycles. The Balaban J connectivity index is 3.78. The van der Waals surface area contributed by atoms with E-state index in [1.165, 1.54) is 0 Å². The van der Waals surface area contributed by atoms with E-state index in [4.69, 9.17) is 4.74 Å². The first-order chi connectivity index (χ1) is 6.15. The Kier molecular flexibility index (Phi) is 6.59. The molecular formula is C10H21NO2. The van der Waals surface area contributed by atoms with E-state index in [1.807, 2.05) is 14.0 Å². The monoisotopic (exact) mass is 187 g/mol. The standard InChI is InChI=1S/C10H21NO2/c1-5-9(11(4)7-3)8-13-10(12)6-2/h9H,5-8H2,1-4H3. The SMILES string of the molecule is CCC(=O)OCC(CC)N(C)CC. The third kappa shape index (κ3) is 4.88. The van der Waals surface area contributed by atoms with Crippen molar-refractivity contribution in [1.29, 1.82) is 0 Å². The summed E-state index contributed by atoms with van der Waals surface area (Å²) in [5, 5.41) is 0. The van der Waals surface area contributed by atoms with Gasteiger partial charge in [0.15, 0.2) is 0 Å². The Labute approximate surface area is 81.1 Å². The number of esters is 1. The lowest BCUT2D eigenvalue weighted by atomic mass is 10.2. The van der Waals surface area contributed by atoms with Crippen LogP contribution in [-0.4, -0.2) is 37.1 Å². The molecule has 0 heterocycles. The quantitative estimate of drug-likeness (QED) is 0.592. The number of hydrogen-bond donors (Lipinski definition) is 0. The van der Waals surface area contributed by atoms with Gasteiger partial charge in [-0.3, -0.25) is 4.79 Å². The van der Waals surface area contributed by atoms with Gasteiger partial charge in [-0.15, -0.1) is 0 Å². The molecule has 0 rings (SSSR count). The van der Waals surface area contributed by atoms with Gasteiger partial charge in [0.25, 0.3) is 0 Å². The van der Waals surface area contributed by atoms with Gasteiger partial charge in [-0.05, 0) is 20.0 Å². The molecular weight excluding hydrogens is 166 g/mol. The molecule has 0 aliphatic carbocycles. The average Bonchev–Trinajstić information content (AvgIpc) is 2.17. The molecule has 13 heavy (non-hydrogen) atoms. The molecule has 0 amide bonds. The van der Waals surface area contributed by atoms with Gasteiger partial charge in [-0.25, -0.2) is 0 Å². The van der Waals surface area contributed by atoms with Gasteiger partial charge < -0.3 is 9.64 Å². The Morgan fingerprint density at radius 3 is 2.38 bits per heavy atom. The van der Waals surface area contributed by atoms with Crippen LogP contribution in [-0.2, 0) is 9.53 Å². The zero-order valence-electron chi connectivity index (χ0n) is 9.17. The molecule has 0 fully saturated rings. The molecule has 1 unspecified atom stereocenters. The molecule has 0 N–H and O–H groups in total. The number of rotatable bonds is 6. The smallest absolute Gasteiger partial charge is 0.305 e. The van der Waals surface area contributed by atoms with Gasteiger partial charge in [-0.1, -0.05) is 20.8 Å². The molecule has 0 aromatic rings. The lowest BCUT2D eigenvalue weighted by molar-refractivity contribution is -0.144. The minimum absolute atomic E-state index is 0.108. The second-order valence-electron chi connectivity index (χ2n) is 3.17. The van der Waals surface area contributed by atoms with Gasteiger partial charge in [0, 0.05) is 12.5 Å². The number of carbonyl (C=O) groups is 1. The lowest BCUT2D eigenvalue weighted by Gasteiger charge is -2.25. The van der Waals surface area contributed by atoms with Crippen molar-refractivity contribution >= 4 is 5.97 Å². The fourth-order valence-corrected chi connectivity index (χ4v) is 1.11. The number of hydrogen-bond acceptors (Lipinski definition) is 3. The predicted molar refractivity (Wildman–Crippen MR) is 53.6 cm³/mol. The molecule has 0 bridgehead atoms. The first kappa shape index (κ1) is 12.4. The second kappa shape index (κ2) is 6.89. The Morgan fingerprint density at radius 1 is 1.38 bits per heavy atom. The van der Waals surface area contributed by atoms with Gasteiger partial charge >= 0.3 is 5.97 Å². The van der Waals surface area contributed by atoms with Crippen molar-refractivity contribution in [2.24, 2.45) is 0 Å². The van der Waals surface area contributed by atoms with Crippen LogP contribution >= 0.6 is 0 Å². The van der Waals surface area contributed by atoms with E-state index in [9.17, 15) is 4.79 Å². The Morgan fingerprint density at radius 2 is 2.00 bits per heavy atom. The Bertz CT molecular complexity index is 148. The van der Waals surface area contributed by atoms with Crippen LogP contribution in [0.3, 0.4) is 0 Å². The van der Waals surface area contributed by atoms with Gasteiger partial charge in [0.05, 0.1) is 0 Å². The van der Waals surface area contributed by atoms with Crippen molar-refractivity contribution < 1.29 is 9.53 Å². The first-order valence-electron chi connectivity index (χ1n) is 5.01. The fourth-order valence-electron chi connectivity index (χ4n) is 1.11. The molecule has 3 heteroatoms. The summed E-state index contributed by atoms with van der Waals surface area (Å²) in [6, 6.07) is 0.362. The molecule has 0 spiro atoms. The normalized spacial score (nSPS) is 13.0. The third-order valence-electron chi connectivity index (χ3n) is 2.32. The van der Waals surface area contributed by atoms with Crippen LogP contribution in [0.1, 0.15) is 33.6 Å². The van der Waals surface area contributed by atoms with E-state index in [1.54, 1.807) is 0 Å². The van der Waals surface area contributed by atoms with Gasteiger partial charge in [0.1, 0.15) is 6.61 Å². The molecule has 0 radical (unpaired) electrons. The topological polar surface area (TPSA) is 29.5 Å². The van der Waals surface area contributed by atoms with Gasteiger partial charge in [-0.2, -0.15) is 0 Å². The summed E-state index contributed by atoms with van der Waals surface area (Å²) in [5.41, 5.74) is 0. The number of nitrogens with zero attached hydrogens (tertiary/aromatic N) is 1. The van der Waals surface area contributed by atoms with E-state index in [-0.39, 0.29) is 5.97 Å². The molecule has 0 aromatic heterocycles. The highest BCUT2D eigenvalue weighted by atomic mass is 16.5. The maximum Gasteiger partial charge on any atom is 0.305 e. The highest BCUT2D eigenvalue weighted by molar-refractivity contribution is 5.68. The van der Waals surface area contributed by atoms with Crippen LogP contribution in [0.15, 0.2) is 0 Å². The highest BCUT2D eigenvalue weighted by Gasteiger charge is 2.12. The third-order valence-corrected chi connectivity index (χ3v) is 2.32. The van der Waals surface area contributed by atoms with E-state index < -0.39 is 0 Å². The molecule has 0 aromatic carbocycles. The van der Waals surface area contributed by atoms with Crippen molar-refractivity contribution in [3.8, 4) is 0 Å². The second-order valence-corrected chi connectivity index (χ2v) is 3.17. The van der Waals surface area contributed by atoms with Gasteiger partial charge in [0.2, 0.25) is 0 Å². The summed E-state index contributed by atoms with van der Waals surface area (Å²) in [6.45, 7) is 7.53. The predicted octanol–water partition coefficient (Wildman–Crippen LogP) is 1.67. The van der Waals surface area contributed by atoms with E-state index in [0.717, 1.165) is 13.0 Å². The Hall–Kier alpha value is -0.570. The zero-order valence-corrected chi connectivity index (χ0v) is 9.17. The van der Waals surface area contributed by atoms with Crippen LogP contribution < -0.4 is 0 Å². The number of likely N-dealkylation sites (N-methyl/N-ethyl adjacent to an activating group) is 1. The summed E-state index contributed by atoms with van der Waals surface area (Å²) in [7, 11) is 2.05. The minimum Gasteiger partial charge on any atom is -0.464 e. The fraction of sp³-hybridized carbons (Fsp3) is 0.900. The maximum atomic E-state index is 10.9. The summed E-state index contributed by atoms with van der Waals surface area (Å²) < 4.78 is 5.09. The van der Waals surface area contributed by atoms with E-state index in [0.29, 0.717) is 19.1 Å². The first-order valence-corrected chi connectivity index (χ1v) is 5.01.